The van der Waals surface area contributed by atoms with Gasteiger partial charge in [0.1, 0.15) is 5.75 Å². The van der Waals surface area contributed by atoms with Gasteiger partial charge < -0.3 is 4.74 Å². The molecule has 0 atom stereocenters. The summed E-state index contributed by atoms with van der Waals surface area (Å²) in [6, 6.07) is 4.21. The van der Waals surface area contributed by atoms with Gasteiger partial charge in [0, 0.05) is 0 Å². The van der Waals surface area contributed by atoms with Gasteiger partial charge in [0.05, 0.1) is 19.6 Å². The number of rotatable bonds is 2. The minimum absolute atomic E-state index is 0.470. The molecular formula is C12H15NO. The molecule has 0 fully saturated rings. The average Bonchev–Trinajstić information content (AvgIpc) is 2.15. The van der Waals surface area contributed by atoms with Crippen molar-refractivity contribution in [3.8, 4) is 11.8 Å². The van der Waals surface area contributed by atoms with Crippen molar-refractivity contribution in [2.75, 3.05) is 7.11 Å². The molecule has 0 aliphatic rings. The maximum absolute atomic E-state index is 8.67. The predicted octanol–water partition coefficient (Wildman–Crippen LogP) is 2.69. The molecule has 0 saturated carbocycles. The third-order valence-electron chi connectivity index (χ3n) is 2.61. The van der Waals surface area contributed by atoms with Crippen LogP contribution in [0, 0.1) is 32.1 Å². The fourth-order valence-electron chi connectivity index (χ4n) is 1.72. The van der Waals surface area contributed by atoms with Crippen molar-refractivity contribution in [2.45, 2.75) is 27.2 Å². The monoisotopic (exact) mass is 189 g/mol. The van der Waals surface area contributed by atoms with E-state index in [0.29, 0.717) is 6.42 Å². The third-order valence-corrected chi connectivity index (χ3v) is 2.61. The Morgan fingerprint density at radius 2 is 1.93 bits per heavy atom. The number of nitriles is 1. The molecule has 0 aliphatic heterocycles. The molecular weight excluding hydrogens is 174 g/mol. The SMILES string of the molecule is COc1c(C)cc(CC#N)c(C)c1C. The van der Waals surface area contributed by atoms with Crippen molar-refractivity contribution in [2.24, 2.45) is 0 Å². The number of hydrogen-bond acceptors (Lipinski definition) is 2. The summed E-state index contributed by atoms with van der Waals surface area (Å²) in [5, 5.41) is 8.67. The highest BCUT2D eigenvalue weighted by Crippen LogP contribution is 2.28. The summed E-state index contributed by atoms with van der Waals surface area (Å²) in [7, 11) is 1.68. The normalized spacial score (nSPS) is 9.64. The molecule has 0 amide bonds. The van der Waals surface area contributed by atoms with Crippen molar-refractivity contribution in [3.63, 3.8) is 0 Å². The van der Waals surface area contributed by atoms with Crippen LogP contribution >= 0.6 is 0 Å². The Labute approximate surface area is 85.1 Å². The zero-order valence-electron chi connectivity index (χ0n) is 9.14. The second kappa shape index (κ2) is 4.15. The summed E-state index contributed by atoms with van der Waals surface area (Å²) in [5.41, 5.74) is 4.50. The molecule has 0 heterocycles. The van der Waals surface area contributed by atoms with Crippen molar-refractivity contribution >= 4 is 0 Å². The van der Waals surface area contributed by atoms with E-state index in [1.165, 1.54) is 0 Å². The van der Waals surface area contributed by atoms with E-state index in [1.807, 2.05) is 26.8 Å². The lowest BCUT2D eigenvalue weighted by Crippen LogP contribution is -1.98. The van der Waals surface area contributed by atoms with Crippen LogP contribution in [0.5, 0.6) is 5.75 Å². The smallest absolute Gasteiger partial charge is 0.124 e. The molecule has 0 spiro atoms. The summed E-state index contributed by atoms with van der Waals surface area (Å²) in [5.74, 6) is 0.934. The summed E-state index contributed by atoms with van der Waals surface area (Å²) < 4.78 is 5.31. The van der Waals surface area contributed by atoms with E-state index in [-0.39, 0.29) is 0 Å². The van der Waals surface area contributed by atoms with Gasteiger partial charge in [-0.05, 0) is 43.0 Å². The van der Waals surface area contributed by atoms with Gasteiger partial charge in [-0.15, -0.1) is 0 Å². The Kier molecular flexibility index (Phi) is 3.14. The molecule has 0 saturated heterocycles. The second-order valence-corrected chi connectivity index (χ2v) is 3.47. The van der Waals surface area contributed by atoms with E-state index >= 15 is 0 Å². The first kappa shape index (κ1) is 10.6. The van der Waals surface area contributed by atoms with Crippen LogP contribution in [0.2, 0.25) is 0 Å². The number of ether oxygens (including phenoxy) is 1. The third kappa shape index (κ3) is 1.72. The highest BCUT2D eigenvalue weighted by Gasteiger charge is 2.09. The lowest BCUT2D eigenvalue weighted by atomic mass is 9.97. The summed E-state index contributed by atoms with van der Waals surface area (Å²) in [6.07, 6.45) is 0.470. The summed E-state index contributed by atoms with van der Waals surface area (Å²) >= 11 is 0. The van der Waals surface area contributed by atoms with Crippen molar-refractivity contribution in [3.05, 3.63) is 28.3 Å². The van der Waals surface area contributed by atoms with Crippen LogP contribution in [0.4, 0.5) is 0 Å². The van der Waals surface area contributed by atoms with Crippen LogP contribution in [0.15, 0.2) is 6.07 Å². The van der Waals surface area contributed by atoms with Crippen LogP contribution in [0.3, 0.4) is 0 Å². The maximum Gasteiger partial charge on any atom is 0.124 e. The van der Waals surface area contributed by atoms with Gasteiger partial charge in [-0.25, -0.2) is 0 Å². The van der Waals surface area contributed by atoms with Crippen molar-refractivity contribution in [1.29, 1.82) is 5.26 Å². The predicted molar refractivity (Wildman–Crippen MR) is 56.5 cm³/mol. The van der Waals surface area contributed by atoms with Gasteiger partial charge >= 0.3 is 0 Å². The van der Waals surface area contributed by atoms with Gasteiger partial charge in [0.2, 0.25) is 0 Å². The van der Waals surface area contributed by atoms with E-state index in [4.69, 9.17) is 10.00 Å². The first-order valence-electron chi connectivity index (χ1n) is 4.62. The van der Waals surface area contributed by atoms with Crippen molar-refractivity contribution in [1.82, 2.24) is 0 Å². The number of hydrogen-bond donors (Lipinski definition) is 0. The van der Waals surface area contributed by atoms with Gasteiger partial charge in [0.25, 0.3) is 0 Å². The molecule has 0 unspecified atom stereocenters. The topological polar surface area (TPSA) is 33.0 Å². The molecule has 1 aromatic carbocycles. The van der Waals surface area contributed by atoms with Crippen LogP contribution in [-0.2, 0) is 6.42 Å². The molecule has 0 aliphatic carbocycles. The average molecular weight is 189 g/mol. The Morgan fingerprint density at radius 3 is 2.43 bits per heavy atom. The quantitative estimate of drug-likeness (QED) is 0.716. The Hall–Kier alpha value is -1.49. The lowest BCUT2D eigenvalue weighted by Gasteiger charge is -2.13. The Balaban J connectivity index is 3.34. The minimum atomic E-state index is 0.470. The van der Waals surface area contributed by atoms with E-state index < -0.39 is 0 Å². The second-order valence-electron chi connectivity index (χ2n) is 3.47. The van der Waals surface area contributed by atoms with Gasteiger partial charge in [-0.3, -0.25) is 0 Å². The minimum Gasteiger partial charge on any atom is -0.496 e. The molecule has 2 nitrogen and oxygen atoms in total. The van der Waals surface area contributed by atoms with Gasteiger partial charge in [0.15, 0.2) is 0 Å². The van der Waals surface area contributed by atoms with Crippen molar-refractivity contribution < 1.29 is 4.74 Å². The lowest BCUT2D eigenvalue weighted by molar-refractivity contribution is 0.408. The fourth-order valence-corrected chi connectivity index (χ4v) is 1.72. The van der Waals surface area contributed by atoms with Crippen LogP contribution in [-0.4, -0.2) is 7.11 Å². The molecule has 14 heavy (non-hydrogen) atoms. The fraction of sp³-hybridized carbons (Fsp3) is 0.417. The molecule has 74 valence electrons. The number of benzene rings is 1. The Morgan fingerprint density at radius 1 is 1.29 bits per heavy atom. The van der Waals surface area contributed by atoms with Gasteiger partial charge in [-0.2, -0.15) is 5.26 Å². The maximum atomic E-state index is 8.67. The first-order valence-corrected chi connectivity index (χ1v) is 4.62. The molecule has 0 bridgehead atoms. The highest BCUT2D eigenvalue weighted by molar-refractivity contribution is 5.49. The molecule has 0 N–H and O–H groups in total. The van der Waals surface area contributed by atoms with Crippen LogP contribution in [0.25, 0.3) is 0 Å². The number of methoxy groups -OCH3 is 1. The number of aryl methyl sites for hydroxylation is 1. The Bertz CT molecular complexity index is 388. The van der Waals surface area contributed by atoms with Crippen LogP contribution in [0.1, 0.15) is 22.3 Å². The largest absolute Gasteiger partial charge is 0.496 e. The van der Waals surface area contributed by atoms with Gasteiger partial charge in [-0.1, -0.05) is 6.07 Å². The van der Waals surface area contributed by atoms with E-state index in [9.17, 15) is 0 Å². The van der Waals surface area contributed by atoms with Crippen LogP contribution < -0.4 is 4.74 Å². The van der Waals surface area contributed by atoms with E-state index in [1.54, 1.807) is 7.11 Å². The number of nitrogens with zero attached hydrogens (tertiary/aromatic N) is 1. The summed E-state index contributed by atoms with van der Waals surface area (Å²) in [6.45, 7) is 6.07. The standard InChI is InChI=1S/C12H15NO/c1-8-7-11(5-6-13)9(2)10(3)12(8)14-4/h7H,5H2,1-4H3. The molecule has 2 heteroatoms. The van der Waals surface area contributed by atoms with E-state index in [2.05, 4.69) is 6.07 Å². The molecule has 0 radical (unpaired) electrons. The molecule has 1 aromatic rings. The molecule has 0 aromatic heterocycles. The zero-order valence-corrected chi connectivity index (χ0v) is 9.14. The first-order chi connectivity index (χ1) is 6.61. The summed E-state index contributed by atoms with van der Waals surface area (Å²) in [4.78, 5) is 0. The highest BCUT2D eigenvalue weighted by atomic mass is 16.5. The molecule has 1 rings (SSSR count). The van der Waals surface area contributed by atoms with E-state index in [0.717, 1.165) is 28.0 Å². The zero-order chi connectivity index (χ0) is 10.7.